The van der Waals surface area contributed by atoms with Crippen molar-refractivity contribution in [1.82, 2.24) is 4.90 Å². The molecule has 3 aliphatic rings. The van der Waals surface area contributed by atoms with Gasteiger partial charge in [0.15, 0.2) is 0 Å². The van der Waals surface area contributed by atoms with Crippen molar-refractivity contribution >= 4 is 39.4 Å². The number of methoxy groups -OCH3 is 1. The van der Waals surface area contributed by atoms with Gasteiger partial charge in [0.1, 0.15) is 17.4 Å². The van der Waals surface area contributed by atoms with Gasteiger partial charge in [-0.3, -0.25) is 14.4 Å². The van der Waals surface area contributed by atoms with E-state index in [9.17, 15) is 19.5 Å². The second-order valence-corrected chi connectivity index (χ2v) is 10.1. The number of esters is 1. The maximum absolute atomic E-state index is 14.2. The van der Waals surface area contributed by atoms with Gasteiger partial charge < -0.3 is 29.1 Å². The van der Waals surface area contributed by atoms with Crippen molar-refractivity contribution in [2.75, 3.05) is 38.3 Å². The largest absolute Gasteiger partial charge is 0.497 e. The zero-order chi connectivity index (χ0) is 25.3. The normalized spacial score (nSPS) is 30.8. The molecule has 3 aliphatic heterocycles. The number of fused-ring (bicyclic) bond motifs is 1. The Morgan fingerprint density at radius 3 is 2.69 bits per heavy atom. The van der Waals surface area contributed by atoms with Gasteiger partial charge in [0, 0.05) is 30.2 Å². The summed E-state index contributed by atoms with van der Waals surface area (Å²) in [5, 5.41) is 9.47. The van der Waals surface area contributed by atoms with Crippen LogP contribution in [0.25, 0.3) is 0 Å². The Hall–Kier alpha value is -2.43. The minimum absolute atomic E-state index is 0.136. The predicted octanol–water partition coefficient (Wildman–Crippen LogP) is 1.91. The number of amides is 2. The highest BCUT2D eigenvalue weighted by Gasteiger charge is 2.77. The summed E-state index contributed by atoms with van der Waals surface area (Å²) in [6, 6.07) is 6.09. The van der Waals surface area contributed by atoms with Crippen LogP contribution in [-0.4, -0.2) is 83.8 Å². The lowest BCUT2D eigenvalue weighted by molar-refractivity contribution is -0.154. The van der Waals surface area contributed by atoms with E-state index in [1.54, 1.807) is 49.3 Å². The van der Waals surface area contributed by atoms with Crippen molar-refractivity contribution in [2.45, 2.75) is 42.3 Å². The maximum Gasteiger partial charge on any atom is 0.312 e. The van der Waals surface area contributed by atoms with E-state index in [-0.39, 0.29) is 42.9 Å². The molecule has 1 aromatic rings. The summed E-state index contributed by atoms with van der Waals surface area (Å²) in [6.07, 6.45) is 1.76. The third-order valence-corrected chi connectivity index (χ3v) is 7.95. The molecular formula is C25H31BrN2O7. The lowest BCUT2D eigenvalue weighted by Gasteiger charge is -2.37. The van der Waals surface area contributed by atoms with Gasteiger partial charge in [-0.15, -0.1) is 6.58 Å². The highest BCUT2D eigenvalue weighted by molar-refractivity contribution is 9.09. The minimum Gasteiger partial charge on any atom is -0.497 e. The van der Waals surface area contributed by atoms with E-state index in [1.807, 2.05) is 0 Å². The SMILES string of the molecule is C=CCN(C(=O)[C@@H]1N(CCCO)C(=O)[C@H]2[C@H](C(=O)OCC)[C@H]3O[C@@]12CC3Br)c1ccc(OC)cc1. The van der Waals surface area contributed by atoms with E-state index in [2.05, 4.69) is 22.5 Å². The van der Waals surface area contributed by atoms with Gasteiger partial charge in [-0.2, -0.15) is 0 Å². The number of rotatable bonds is 10. The maximum atomic E-state index is 14.2. The number of likely N-dealkylation sites (tertiary alicyclic amines) is 1. The van der Waals surface area contributed by atoms with Gasteiger partial charge in [-0.25, -0.2) is 0 Å². The van der Waals surface area contributed by atoms with Gasteiger partial charge in [0.2, 0.25) is 5.91 Å². The molecule has 9 nitrogen and oxygen atoms in total. The van der Waals surface area contributed by atoms with Crippen LogP contribution in [0.15, 0.2) is 36.9 Å². The number of halogens is 1. The Kier molecular flexibility index (Phi) is 7.54. The van der Waals surface area contributed by atoms with Gasteiger partial charge in [0.25, 0.3) is 5.91 Å². The molecule has 4 rings (SSSR count). The number of benzene rings is 1. The van der Waals surface area contributed by atoms with Gasteiger partial charge in [-0.05, 0) is 44.0 Å². The Balaban J connectivity index is 1.77. The summed E-state index contributed by atoms with van der Waals surface area (Å²) in [7, 11) is 1.56. The van der Waals surface area contributed by atoms with Crippen LogP contribution in [0.2, 0.25) is 0 Å². The monoisotopic (exact) mass is 550 g/mol. The average Bonchev–Trinajstić information content (AvgIpc) is 3.44. The van der Waals surface area contributed by atoms with Crippen LogP contribution >= 0.6 is 15.9 Å². The summed E-state index contributed by atoms with van der Waals surface area (Å²) < 4.78 is 17.0. The van der Waals surface area contributed by atoms with E-state index >= 15 is 0 Å². The molecular weight excluding hydrogens is 520 g/mol. The molecule has 6 atom stereocenters. The number of aliphatic hydroxyl groups is 1. The first kappa shape index (κ1) is 25.7. The smallest absolute Gasteiger partial charge is 0.312 e. The minimum atomic E-state index is -1.17. The van der Waals surface area contributed by atoms with Crippen molar-refractivity contribution < 1.29 is 33.7 Å². The fourth-order valence-corrected chi connectivity index (χ4v) is 6.70. The predicted molar refractivity (Wildman–Crippen MR) is 131 cm³/mol. The molecule has 1 spiro atoms. The van der Waals surface area contributed by atoms with Crippen molar-refractivity contribution in [1.29, 1.82) is 0 Å². The molecule has 35 heavy (non-hydrogen) atoms. The van der Waals surface area contributed by atoms with Gasteiger partial charge in [-0.1, -0.05) is 22.0 Å². The van der Waals surface area contributed by atoms with Crippen LogP contribution in [0, 0.1) is 11.8 Å². The molecule has 0 aliphatic carbocycles. The van der Waals surface area contributed by atoms with Crippen LogP contribution in [0.3, 0.4) is 0 Å². The topological polar surface area (TPSA) is 106 Å². The van der Waals surface area contributed by atoms with Crippen LogP contribution in [0.1, 0.15) is 19.8 Å². The quantitative estimate of drug-likeness (QED) is 0.269. The lowest BCUT2D eigenvalue weighted by Crippen LogP contribution is -2.57. The summed E-state index contributed by atoms with van der Waals surface area (Å²) in [4.78, 5) is 43.7. The van der Waals surface area contributed by atoms with Crippen LogP contribution in [0.5, 0.6) is 5.75 Å². The summed E-state index contributed by atoms with van der Waals surface area (Å²) in [5.74, 6) is -2.11. The Morgan fingerprint density at radius 2 is 2.09 bits per heavy atom. The molecule has 0 saturated carbocycles. The Morgan fingerprint density at radius 1 is 1.37 bits per heavy atom. The molecule has 2 amide bonds. The molecule has 190 valence electrons. The zero-order valence-electron chi connectivity index (χ0n) is 19.9. The average molecular weight is 551 g/mol. The highest BCUT2D eigenvalue weighted by Crippen LogP contribution is 2.60. The number of aliphatic hydroxyl groups excluding tert-OH is 1. The molecule has 3 saturated heterocycles. The second kappa shape index (κ2) is 10.3. The summed E-state index contributed by atoms with van der Waals surface area (Å²) in [6.45, 7) is 5.95. The summed E-state index contributed by atoms with van der Waals surface area (Å²) in [5.41, 5.74) is -0.554. The molecule has 2 bridgehead atoms. The van der Waals surface area contributed by atoms with E-state index < -0.39 is 35.6 Å². The fraction of sp³-hybridized carbons (Fsp3) is 0.560. The number of hydrogen-bond acceptors (Lipinski definition) is 7. The molecule has 10 heteroatoms. The number of anilines is 1. The summed E-state index contributed by atoms with van der Waals surface area (Å²) >= 11 is 3.63. The fourth-order valence-electron chi connectivity index (χ4n) is 5.76. The zero-order valence-corrected chi connectivity index (χ0v) is 21.5. The molecule has 3 fully saturated rings. The molecule has 1 unspecified atom stereocenters. The second-order valence-electron chi connectivity index (χ2n) is 8.96. The van der Waals surface area contributed by atoms with E-state index in [4.69, 9.17) is 14.2 Å². The molecule has 0 radical (unpaired) electrons. The van der Waals surface area contributed by atoms with E-state index in [0.717, 1.165) is 0 Å². The first-order valence-electron chi connectivity index (χ1n) is 11.8. The molecule has 0 aromatic heterocycles. The number of carbonyl (C=O) groups is 3. The van der Waals surface area contributed by atoms with Crippen molar-refractivity contribution in [2.24, 2.45) is 11.8 Å². The number of ether oxygens (including phenoxy) is 3. The van der Waals surface area contributed by atoms with Gasteiger partial charge in [0.05, 0.1) is 31.7 Å². The number of nitrogens with zero attached hydrogens (tertiary/aromatic N) is 2. The number of hydrogen-bond donors (Lipinski definition) is 1. The first-order valence-corrected chi connectivity index (χ1v) is 12.7. The Labute approximate surface area is 213 Å². The van der Waals surface area contributed by atoms with Crippen LogP contribution in [0.4, 0.5) is 5.69 Å². The lowest BCUT2D eigenvalue weighted by atomic mass is 9.70. The van der Waals surface area contributed by atoms with Crippen LogP contribution in [-0.2, 0) is 23.9 Å². The van der Waals surface area contributed by atoms with Crippen molar-refractivity contribution in [3.8, 4) is 5.75 Å². The molecule has 1 aromatic carbocycles. The third kappa shape index (κ3) is 4.15. The molecule has 1 N–H and O–H groups in total. The van der Waals surface area contributed by atoms with E-state index in [1.165, 1.54) is 4.90 Å². The third-order valence-electron chi connectivity index (χ3n) is 7.10. The Bertz CT molecular complexity index is 987. The van der Waals surface area contributed by atoms with E-state index in [0.29, 0.717) is 24.3 Å². The highest BCUT2D eigenvalue weighted by atomic mass is 79.9. The molecule has 3 heterocycles. The number of carbonyl (C=O) groups excluding carboxylic acids is 3. The van der Waals surface area contributed by atoms with Crippen LogP contribution < -0.4 is 9.64 Å². The van der Waals surface area contributed by atoms with Crippen molar-refractivity contribution in [3.05, 3.63) is 36.9 Å². The first-order chi connectivity index (χ1) is 16.8. The standard InChI is InChI=1S/C25H31BrN2O7/c1-4-11-27(15-7-9-16(33-3)10-8-15)23(31)21-25-14-17(26)20(35-25)18(24(32)34-5-2)19(25)22(30)28(21)12-6-13-29/h4,7-10,17-21,29H,1,5-6,11-14H2,2-3H3/t17?,18-,19+,20-,21-,25+/m0/s1. The van der Waals surface area contributed by atoms with Crippen molar-refractivity contribution in [3.63, 3.8) is 0 Å². The van der Waals surface area contributed by atoms with Gasteiger partial charge >= 0.3 is 5.97 Å². The number of alkyl halides is 1.